The lowest BCUT2D eigenvalue weighted by molar-refractivity contribution is 0.277. The highest BCUT2D eigenvalue weighted by Crippen LogP contribution is 2.27. The van der Waals surface area contributed by atoms with E-state index in [2.05, 4.69) is 9.71 Å². The lowest BCUT2D eigenvalue weighted by Gasteiger charge is -2.10. The smallest absolute Gasteiger partial charge is 0.263 e. The summed E-state index contributed by atoms with van der Waals surface area (Å²) in [5, 5.41) is 8.96. The maximum absolute atomic E-state index is 12.2. The highest BCUT2D eigenvalue weighted by atomic mass is 32.2. The molecule has 0 fully saturated rings. The maximum atomic E-state index is 12.2. The van der Waals surface area contributed by atoms with Gasteiger partial charge in [-0.1, -0.05) is 0 Å². The number of methoxy groups -OCH3 is 2. The summed E-state index contributed by atoms with van der Waals surface area (Å²) in [6.45, 7) is -0.261. The number of hydrogen-bond acceptors (Lipinski definition) is 5. The van der Waals surface area contributed by atoms with Crippen molar-refractivity contribution in [1.82, 2.24) is 4.98 Å². The van der Waals surface area contributed by atoms with Crippen LogP contribution in [0.1, 0.15) is 5.69 Å². The van der Waals surface area contributed by atoms with Gasteiger partial charge in [0.05, 0.1) is 26.5 Å². The van der Waals surface area contributed by atoms with Crippen molar-refractivity contribution < 1.29 is 23.0 Å². The topological polar surface area (TPSA) is 101 Å². The molecule has 0 amide bonds. The predicted octanol–water partition coefficient (Wildman–Crippen LogP) is 1.32. The van der Waals surface area contributed by atoms with E-state index in [-0.39, 0.29) is 11.5 Å². The maximum Gasteiger partial charge on any atom is 0.263 e. The van der Waals surface area contributed by atoms with Crippen molar-refractivity contribution in [1.29, 1.82) is 0 Å². The van der Waals surface area contributed by atoms with Crippen LogP contribution in [0.5, 0.6) is 11.5 Å². The molecule has 21 heavy (non-hydrogen) atoms. The van der Waals surface area contributed by atoms with Crippen molar-refractivity contribution in [3.05, 3.63) is 36.2 Å². The Balaban J connectivity index is 2.31. The minimum atomic E-state index is -3.76. The number of aliphatic hydroxyl groups is 1. The van der Waals surface area contributed by atoms with Gasteiger partial charge in [-0.05, 0) is 6.07 Å². The van der Waals surface area contributed by atoms with Crippen LogP contribution < -0.4 is 14.2 Å². The summed E-state index contributed by atoms with van der Waals surface area (Å²) < 4.78 is 37.1. The van der Waals surface area contributed by atoms with Crippen LogP contribution in [-0.2, 0) is 16.6 Å². The second-order valence-electron chi connectivity index (χ2n) is 4.23. The molecule has 1 heterocycles. The van der Waals surface area contributed by atoms with Crippen LogP contribution in [0, 0.1) is 0 Å². The Bertz CT molecular complexity index is 702. The summed E-state index contributed by atoms with van der Waals surface area (Å²) in [7, 11) is -0.798. The Hall–Kier alpha value is -2.19. The van der Waals surface area contributed by atoms with E-state index in [0.29, 0.717) is 22.9 Å². The summed E-state index contributed by atoms with van der Waals surface area (Å²) in [5.41, 5.74) is 0.733. The molecule has 0 aliphatic carbocycles. The normalized spacial score (nSPS) is 11.2. The number of aromatic amines is 1. The summed E-state index contributed by atoms with van der Waals surface area (Å²) >= 11 is 0. The first-order valence-electron chi connectivity index (χ1n) is 6.02. The van der Waals surface area contributed by atoms with Gasteiger partial charge in [-0.15, -0.1) is 0 Å². The number of aliphatic hydroxyl groups excluding tert-OH is 1. The van der Waals surface area contributed by atoms with Gasteiger partial charge in [0.25, 0.3) is 10.0 Å². The monoisotopic (exact) mass is 312 g/mol. The third kappa shape index (κ3) is 3.47. The van der Waals surface area contributed by atoms with E-state index in [4.69, 9.17) is 14.6 Å². The Morgan fingerprint density at radius 2 is 1.76 bits per heavy atom. The molecule has 114 valence electrons. The lowest BCUT2D eigenvalue weighted by Crippen LogP contribution is -2.12. The SMILES string of the molecule is COc1cc(NS(=O)(=O)c2c[nH]c(CO)c2)cc(OC)c1. The number of H-pyrrole nitrogens is 1. The predicted molar refractivity (Wildman–Crippen MR) is 77.1 cm³/mol. The summed E-state index contributed by atoms with van der Waals surface area (Å²) in [6.07, 6.45) is 1.31. The summed E-state index contributed by atoms with van der Waals surface area (Å²) in [4.78, 5) is 2.71. The Labute approximate surface area is 122 Å². The molecule has 0 saturated heterocycles. The second-order valence-corrected chi connectivity index (χ2v) is 5.91. The highest BCUT2D eigenvalue weighted by molar-refractivity contribution is 7.92. The number of benzene rings is 1. The van der Waals surface area contributed by atoms with Gasteiger partial charge in [-0.3, -0.25) is 4.72 Å². The zero-order chi connectivity index (χ0) is 15.5. The second kappa shape index (κ2) is 6.06. The van der Waals surface area contributed by atoms with Crippen molar-refractivity contribution in [2.75, 3.05) is 18.9 Å². The molecule has 0 spiro atoms. The van der Waals surface area contributed by atoms with E-state index in [1.807, 2.05) is 0 Å². The first-order chi connectivity index (χ1) is 9.98. The van der Waals surface area contributed by atoms with Crippen LogP contribution in [0.25, 0.3) is 0 Å². The Morgan fingerprint density at radius 3 is 2.24 bits per heavy atom. The van der Waals surface area contributed by atoms with Gasteiger partial charge >= 0.3 is 0 Å². The molecule has 1 aromatic carbocycles. The van der Waals surface area contributed by atoms with E-state index in [1.165, 1.54) is 26.5 Å². The molecular weight excluding hydrogens is 296 g/mol. The molecule has 3 N–H and O–H groups in total. The fourth-order valence-corrected chi connectivity index (χ4v) is 2.80. The fourth-order valence-electron chi connectivity index (χ4n) is 1.75. The molecule has 0 unspecified atom stereocenters. The Kier molecular flexibility index (Phi) is 4.39. The van der Waals surface area contributed by atoms with Crippen LogP contribution >= 0.6 is 0 Å². The van der Waals surface area contributed by atoms with Crippen molar-refractivity contribution >= 4 is 15.7 Å². The number of hydrogen-bond donors (Lipinski definition) is 3. The van der Waals surface area contributed by atoms with Crippen molar-refractivity contribution in [2.45, 2.75) is 11.5 Å². The number of ether oxygens (including phenoxy) is 2. The Morgan fingerprint density at radius 1 is 1.14 bits per heavy atom. The standard InChI is InChI=1S/C13H16N2O5S/c1-19-11-3-9(4-12(6-11)20-2)15-21(17,18)13-5-10(8-16)14-7-13/h3-7,14-16H,8H2,1-2H3. The van der Waals surface area contributed by atoms with E-state index in [9.17, 15) is 8.42 Å². The van der Waals surface area contributed by atoms with Gasteiger partial charge in [0, 0.05) is 30.1 Å². The molecule has 2 rings (SSSR count). The molecule has 0 aliphatic heterocycles. The van der Waals surface area contributed by atoms with Crippen molar-refractivity contribution in [3.63, 3.8) is 0 Å². The molecule has 0 saturated carbocycles. The minimum absolute atomic E-state index is 0.0355. The third-order valence-corrected chi connectivity index (χ3v) is 4.16. The summed E-state index contributed by atoms with van der Waals surface area (Å²) in [5.74, 6) is 0.939. The number of nitrogens with one attached hydrogen (secondary N) is 2. The first kappa shape index (κ1) is 15.2. The van der Waals surface area contributed by atoms with Crippen molar-refractivity contribution in [2.24, 2.45) is 0 Å². The quantitative estimate of drug-likeness (QED) is 0.747. The number of rotatable bonds is 6. The molecule has 0 bridgehead atoms. The van der Waals surface area contributed by atoms with E-state index in [1.54, 1.807) is 18.2 Å². The van der Waals surface area contributed by atoms with Crippen molar-refractivity contribution in [3.8, 4) is 11.5 Å². The largest absolute Gasteiger partial charge is 0.497 e. The van der Waals surface area contributed by atoms with Crippen LogP contribution in [0.4, 0.5) is 5.69 Å². The van der Waals surface area contributed by atoms with Crippen LogP contribution in [0.15, 0.2) is 35.4 Å². The molecule has 0 aliphatic rings. The van der Waals surface area contributed by atoms with Gasteiger partial charge in [-0.2, -0.15) is 0 Å². The van der Waals surface area contributed by atoms with E-state index >= 15 is 0 Å². The van der Waals surface area contributed by atoms with Gasteiger partial charge in [0.2, 0.25) is 0 Å². The van der Waals surface area contributed by atoms with Crippen LogP contribution in [-0.4, -0.2) is 32.7 Å². The lowest BCUT2D eigenvalue weighted by atomic mass is 10.3. The molecule has 1 aromatic heterocycles. The first-order valence-corrected chi connectivity index (χ1v) is 7.51. The van der Waals surface area contributed by atoms with Crippen LogP contribution in [0.3, 0.4) is 0 Å². The minimum Gasteiger partial charge on any atom is -0.497 e. The fraction of sp³-hybridized carbons (Fsp3) is 0.231. The number of anilines is 1. The zero-order valence-electron chi connectivity index (χ0n) is 11.6. The van der Waals surface area contributed by atoms with Gasteiger partial charge in [0.15, 0.2) is 0 Å². The third-order valence-electron chi connectivity index (χ3n) is 2.80. The number of aromatic nitrogens is 1. The molecule has 0 radical (unpaired) electrons. The van der Waals surface area contributed by atoms with E-state index < -0.39 is 10.0 Å². The van der Waals surface area contributed by atoms with Gasteiger partial charge < -0.3 is 19.6 Å². The molecule has 2 aromatic rings. The molecule has 7 nitrogen and oxygen atoms in total. The summed E-state index contributed by atoms with van der Waals surface area (Å²) in [6, 6.07) is 6.08. The molecule has 0 atom stereocenters. The van der Waals surface area contributed by atoms with E-state index in [0.717, 1.165) is 0 Å². The van der Waals surface area contributed by atoms with Gasteiger partial charge in [-0.25, -0.2) is 8.42 Å². The molecule has 8 heteroatoms. The zero-order valence-corrected chi connectivity index (χ0v) is 12.4. The number of sulfonamides is 1. The molecular formula is C13H16N2O5S. The van der Waals surface area contributed by atoms with Crippen LogP contribution in [0.2, 0.25) is 0 Å². The average molecular weight is 312 g/mol. The van der Waals surface area contributed by atoms with Gasteiger partial charge in [0.1, 0.15) is 16.4 Å². The average Bonchev–Trinajstić information content (AvgIpc) is 2.96. The highest BCUT2D eigenvalue weighted by Gasteiger charge is 2.17.